The lowest BCUT2D eigenvalue weighted by Gasteiger charge is -2.14. The molecule has 0 aliphatic carbocycles. The van der Waals surface area contributed by atoms with Gasteiger partial charge in [0.2, 0.25) is 0 Å². The number of ether oxygens (including phenoxy) is 1. The molecule has 110 valence electrons. The topological polar surface area (TPSA) is 42.1 Å². The lowest BCUT2D eigenvalue weighted by atomic mass is 10.0. The molecule has 0 spiro atoms. The van der Waals surface area contributed by atoms with Crippen LogP contribution in [0.3, 0.4) is 0 Å². The van der Waals surface area contributed by atoms with Crippen LogP contribution in [0.2, 0.25) is 0 Å². The molecular formula is C18H21NO2. The van der Waals surface area contributed by atoms with Crippen LogP contribution < -0.4 is 5.43 Å². The molecule has 1 aromatic carbocycles. The second-order valence-electron chi connectivity index (χ2n) is 5.02. The fourth-order valence-corrected chi connectivity index (χ4v) is 2.30. The summed E-state index contributed by atoms with van der Waals surface area (Å²) in [5.74, 6) is 0. The van der Waals surface area contributed by atoms with E-state index in [2.05, 4.69) is 4.98 Å². The maximum absolute atomic E-state index is 12.2. The summed E-state index contributed by atoms with van der Waals surface area (Å²) in [6.45, 7) is 3.81. The number of allylic oxidation sites excluding steroid dienone is 1. The first-order chi connectivity index (χ1) is 10.2. The molecule has 3 nitrogen and oxygen atoms in total. The van der Waals surface area contributed by atoms with Crippen molar-refractivity contribution in [3.63, 3.8) is 0 Å². The molecule has 0 fully saturated rings. The van der Waals surface area contributed by atoms with Crippen molar-refractivity contribution in [2.45, 2.75) is 26.4 Å². The van der Waals surface area contributed by atoms with Crippen molar-refractivity contribution in [3.8, 4) is 11.3 Å². The SMILES string of the molecule is C/C=C\C(Cc1[nH]c(-c2ccccc2)cc(=O)c1C)OC. The van der Waals surface area contributed by atoms with E-state index in [0.29, 0.717) is 6.42 Å². The highest BCUT2D eigenvalue weighted by Gasteiger charge is 2.11. The molecule has 1 atom stereocenters. The van der Waals surface area contributed by atoms with Gasteiger partial charge >= 0.3 is 0 Å². The van der Waals surface area contributed by atoms with E-state index in [4.69, 9.17) is 4.74 Å². The van der Waals surface area contributed by atoms with Gasteiger partial charge in [-0.25, -0.2) is 0 Å². The van der Waals surface area contributed by atoms with E-state index in [0.717, 1.165) is 22.5 Å². The van der Waals surface area contributed by atoms with Crippen LogP contribution in [0.1, 0.15) is 18.2 Å². The summed E-state index contributed by atoms with van der Waals surface area (Å²) >= 11 is 0. The maximum atomic E-state index is 12.2. The van der Waals surface area contributed by atoms with Crippen molar-refractivity contribution in [3.05, 3.63) is 70.0 Å². The third-order valence-electron chi connectivity index (χ3n) is 3.58. The minimum atomic E-state index is -0.0321. The fraction of sp³-hybridized carbons (Fsp3) is 0.278. The lowest BCUT2D eigenvalue weighted by Crippen LogP contribution is -2.17. The Morgan fingerprint density at radius 1 is 1.29 bits per heavy atom. The lowest BCUT2D eigenvalue weighted by molar-refractivity contribution is 0.140. The van der Waals surface area contributed by atoms with E-state index < -0.39 is 0 Å². The average molecular weight is 283 g/mol. The van der Waals surface area contributed by atoms with Crippen LogP contribution in [0.15, 0.2) is 53.3 Å². The molecule has 1 N–H and O–H groups in total. The van der Waals surface area contributed by atoms with E-state index in [1.807, 2.05) is 56.3 Å². The number of H-pyrrole nitrogens is 1. The second-order valence-corrected chi connectivity index (χ2v) is 5.02. The molecule has 2 aromatic rings. The Kier molecular flexibility index (Phi) is 5.12. The van der Waals surface area contributed by atoms with Crippen LogP contribution in [0, 0.1) is 6.92 Å². The van der Waals surface area contributed by atoms with E-state index in [1.165, 1.54) is 0 Å². The third kappa shape index (κ3) is 3.70. The van der Waals surface area contributed by atoms with Gasteiger partial charge in [0.05, 0.1) is 6.10 Å². The number of pyridine rings is 1. The molecule has 0 aliphatic heterocycles. The fourth-order valence-electron chi connectivity index (χ4n) is 2.30. The second kappa shape index (κ2) is 7.04. The highest BCUT2D eigenvalue weighted by atomic mass is 16.5. The summed E-state index contributed by atoms with van der Waals surface area (Å²) in [5.41, 5.74) is 3.58. The Balaban J connectivity index is 2.42. The zero-order chi connectivity index (χ0) is 15.2. The largest absolute Gasteiger partial charge is 0.377 e. The molecule has 0 bridgehead atoms. The van der Waals surface area contributed by atoms with Crippen LogP contribution in [0.5, 0.6) is 0 Å². The molecule has 0 saturated carbocycles. The third-order valence-corrected chi connectivity index (χ3v) is 3.58. The smallest absolute Gasteiger partial charge is 0.185 e. The van der Waals surface area contributed by atoms with E-state index in [1.54, 1.807) is 13.2 Å². The summed E-state index contributed by atoms with van der Waals surface area (Å²) < 4.78 is 5.43. The summed E-state index contributed by atoms with van der Waals surface area (Å²) in [6, 6.07) is 11.5. The molecule has 1 unspecified atom stereocenters. The minimum Gasteiger partial charge on any atom is -0.377 e. The maximum Gasteiger partial charge on any atom is 0.185 e. The molecule has 21 heavy (non-hydrogen) atoms. The Hall–Kier alpha value is -2.13. The highest BCUT2D eigenvalue weighted by molar-refractivity contribution is 5.59. The van der Waals surface area contributed by atoms with Gasteiger partial charge in [0.25, 0.3) is 0 Å². The van der Waals surface area contributed by atoms with Crippen molar-refractivity contribution in [1.82, 2.24) is 4.98 Å². The molecule has 1 heterocycles. The van der Waals surface area contributed by atoms with Crippen molar-refractivity contribution < 1.29 is 4.74 Å². The van der Waals surface area contributed by atoms with Crippen molar-refractivity contribution in [2.24, 2.45) is 0 Å². The number of methoxy groups -OCH3 is 1. The van der Waals surface area contributed by atoms with Crippen LogP contribution in [-0.4, -0.2) is 18.2 Å². The quantitative estimate of drug-likeness (QED) is 0.854. The summed E-state index contributed by atoms with van der Waals surface area (Å²) in [6.07, 6.45) is 4.58. The Morgan fingerprint density at radius 3 is 2.62 bits per heavy atom. The van der Waals surface area contributed by atoms with Gasteiger partial charge in [0, 0.05) is 36.5 Å². The molecule has 1 aromatic heterocycles. The van der Waals surface area contributed by atoms with Crippen LogP contribution in [0.25, 0.3) is 11.3 Å². The van der Waals surface area contributed by atoms with Crippen LogP contribution in [-0.2, 0) is 11.2 Å². The van der Waals surface area contributed by atoms with Gasteiger partial charge < -0.3 is 9.72 Å². The van der Waals surface area contributed by atoms with Gasteiger partial charge in [0.1, 0.15) is 0 Å². The van der Waals surface area contributed by atoms with Crippen molar-refractivity contribution >= 4 is 0 Å². The van der Waals surface area contributed by atoms with E-state index in [-0.39, 0.29) is 11.5 Å². The zero-order valence-corrected chi connectivity index (χ0v) is 12.7. The number of hydrogen-bond donors (Lipinski definition) is 1. The molecule has 0 amide bonds. The predicted octanol–water partition coefficient (Wildman–Crippen LogP) is 3.48. The van der Waals surface area contributed by atoms with Crippen LogP contribution >= 0.6 is 0 Å². The van der Waals surface area contributed by atoms with E-state index in [9.17, 15) is 4.79 Å². The number of aromatic nitrogens is 1. The molecule has 2 rings (SSSR count). The Morgan fingerprint density at radius 2 is 2.00 bits per heavy atom. The average Bonchev–Trinajstić information content (AvgIpc) is 2.51. The van der Waals surface area contributed by atoms with Crippen molar-refractivity contribution in [2.75, 3.05) is 7.11 Å². The number of aromatic amines is 1. The first kappa shape index (κ1) is 15.3. The summed E-state index contributed by atoms with van der Waals surface area (Å²) in [4.78, 5) is 15.6. The monoisotopic (exact) mass is 283 g/mol. The number of hydrogen-bond acceptors (Lipinski definition) is 2. The summed E-state index contributed by atoms with van der Waals surface area (Å²) in [7, 11) is 1.68. The summed E-state index contributed by atoms with van der Waals surface area (Å²) in [5, 5.41) is 0. The standard InChI is InChI=1S/C18H21NO2/c1-4-8-15(21-3)11-16-13(2)18(20)12-17(19-16)14-9-6-5-7-10-14/h4-10,12,15H,11H2,1-3H3,(H,19,20)/b8-4-. The van der Waals surface area contributed by atoms with Crippen LogP contribution in [0.4, 0.5) is 0 Å². The van der Waals surface area contributed by atoms with Gasteiger partial charge in [-0.15, -0.1) is 0 Å². The predicted molar refractivity (Wildman–Crippen MR) is 86.6 cm³/mol. The molecule has 0 radical (unpaired) electrons. The van der Waals surface area contributed by atoms with E-state index >= 15 is 0 Å². The highest BCUT2D eigenvalue weighted by Crippen LogP contribution is 2.17. The first-order valence-corrected chi connectivity index (χ1v) is 7.09. The zero-order valence-electron chi connectivity index (χ0n) is 12.7. The normalized spacial score (nSPS) is 12.7. The van der Waals surface area contributed by atoms with Gasteiger partial charge in [-0.3, -0.25) is 4.79 Å². The Bertz CT molecular complexity index is 671. The molecular weight excluding hydrogens is 262 g/mol. The van der Waals surface area contributed by atoms with Gasteiger partial charge in [-0.05, 0) is 19.4 Å². The molecule has 0 saturated heterocycles. The molecule has 3 heteroatoms. The Labute approximate surface area is 125 Å². The first-order valence-electron chi connectivity index (χ1n) is 7.09. The van der Waals surface area contributed by atoms with Gasteiger partial charge in [-0.2, -0.15) is 0 Å². The molecule has 0 aliphatic rings. The number of rotatable bonds is 5. The number of benzene rings is 1. The number of nitrogens with one attached hydrogen (secondary N) is 1. The van der Waals surface area contributed by atoms with Crippen molar-refractivity contribution in [1.29, 1.82) is 0 Å². The van der Waals surface area contributed by atoms with Gasteiger partial charge in [-0.1, -0.05) is 42.5 Å². The minimum absolute atomic E-state index is 0.0321. The van der Waals surface area contributed by atoms with Gasteiger partial charge in [0.15, 0.2) is 5.43 Å².